The third-order valence-corrected chi connectivity index (χ3v) is 4.99. The number of methoxy groups -OCH3 is 2. The molecular formula is C22H26N4O3. The lowest BCUT2D eigenvalue weighted by atomic mass is 10.1. The zero-order valence-corrected chi connectivity index (χ0v) is 16.9. The highest BCUT2D eigenvalue weighted by Gasteiger charge is 2.19. The average molecular weight is 394 g/mol. The van der Waals surface area contributed by atoms with E-state index in [1.165, 1.54) is 0 Å². The first-order chi connectivity index (χ1) is 14.1. The molecule has 0 saturated carbocycles. The molecule has 0 atom stereocenters. The summed E-state index contributed by atoms with van der Waals surface area (Å²) in [6, 6.07) is 15.2. The lowest BCUT2D eigenvalue weighted by Gasteiger charge is -2.24. The molecule has 3 rings (SSSR count). The largest absolute Gasteiger partial charge is 0.493 e. The average Bonchev–Trinajstić information content (AvgIpc) is 2.98. The Kier molecular flexibility index (Phi) is 6.93. The van der Waals surface area contributed by atoms with Crippen LogP contribution in [0.1, 0.15) is 12.0 Å². The lowest BCUT2D eigenvalue weighted by molar-refractivity contribution is -0.117. The molecule has 0 aliphatic carbocycles. The SMILES string of the molecule is COc1ccc(NC(=O)CN2CCCN(c3ccccc3C#N)CC2)cc1OC. The summed E-state index contributed by atoms with van der Waals surface area (Å²) < 4.78 is 10.5. The van der Waals surface area contributed by atoms with Gasteiger partial charge in [-0.1, -0.05) is 12.1 Å². The number of hydrogen-bond donors (Lipinski definition) is 1. The molecule has 7 nitrogen and oxygen atoms in total. The summed E-state index contributed by atoms with van der Waals surface area (Å²) >= 11 is 0. The molecule has 29 heavy (non-hydrogen) atoms. The number of benzene rings is 2. The smallest absolute Gasteiger partial charge is 0.238 e. The molecule has 0 radical (unpaired) electrons. The number of nitrogens with one attached hydrogen (secondary N) is 1. The van der Waals surface area contributed by atoms with Gasteiger partial charge in [0, 0.05) is 37.9 Å². The van der Waals surface area contributed by atoms with Crippen molar-refractivity contribution >= 4 is 17.3 Å². The second kappa shape index (κ2) is 9.80. The Labute approximate surface area is 171 Å². The van der Waals surface area contributed by atoms with Crippen LogP contribution in [0.15, 0.2) is 42.5 Å². The molecule has 1 amide bonds. The number of anilines is 2. The molecule has 1 heterocycles. The Bertz CT molecular complexity index is 894. The Morgan fingerprint density at radius 2 is 1.86 bits per heavy atom. The van der Waals surface area contributed by atoms with Gasteiger partial charge in [-0.15, -0.1) is 0 Å². The Morgan fingerprint density at radius 3 is 2.62 bits per heavy atom. The van der Waals surface area contributed by atoms with Crippen LogP contribution in [-0.4, -0.2) is 57.8 Å². The summed E-state index contributed by atoms with van der Waals surface area (Å²) in [5.74, 6) is 1.13. The molecule has 1 N–H and O–H groups in total. The Morgan fingerprint density at radius 1 is 1.07 bits per heavy atom. The first-order valence-corrected chi connectivity index (χ1v) is 9.63. The number of carbonyl (C=O) groups is 1. The molecule has 0 unspecified atom stereocenters. The molecule has 1 aliphatic heterocycles. The number of nitrogens with zero attached hydrogens (tertiary/aromatic N) is 3. The van der Waals surface area contributed by atoms with Crippen molar-refractivity contribution in [1.29, 1.82) is 5.26 Å². The third-order valence-electron chi connectivity index (χ3n) is 4.99. The molecule has 1 fully saturated rings. The summed E-state index contributed by atoms with van der Waals surface area (Å²) in [5.41, 5.74) is 2.32. The van der Waals surface area contributed by atoms with Gasteiger partial charge in [-0.05, 0) is 30.7 Å². The van der Waals surface area contributed by atoms with E-state index in [4.69, 9.17) is 9.47 Å². The third kappa shape index (κ3) is 5.18. The predicted octanol–water partition coefficient (Wildman–Crippen LogP) is 2.73. The van der Waals surface area contributed by atoms with Crippen LogP contribution in [0.3, 0.4) is 0 Å². The van der Waals surface area contributed by atoms with E-state index in [1.807, 2.05) is 24.3 Å². The van der Waals surface area contributed by atoms with Crippen LogP contribution in [0.2, 0.25) is 0 Å². The molecule has 0 bridgehead atoms. The number of carbonyl (C=O) groups excluding carboxylic acids is 1. The van der Waals surface area contributed by atoms with Crippen LogP contribution in [0, 0.1) is 11.3 Å². The topological polar surface area (TPSA) is 77.8 Å². The number of nitriles is 1. The molecule has 7 heteroatoms. The minimum absolute atomic E-state index is 0.0666. The zero-order chi connectivity index (χ0) is 20.6. The molecule has 2 aromatic rings. The van der Waals surface area contributed by atoms with Crippen LogP contribution in [-0.2, 0) is 4.79 Å². The van der Waals surface area contributed by atoms with Crippen LogP contribution in [0.5, 0.6) is 11.5 Å². The van der Waals surface area contributed by atoms with Gasteiger partial charge in [0.1, 0.15) is 6.07 Å². The minimum atomic E-state index is -0.0666. The van der Waals surface area contributed by atoms with Gasteiger partial charge in [-0.2, -0.15) is 5.26 Å². The molecule has 1 saturated heterocycles. The number of para-hydroxylation sites is 1. The highest BCUT2D eigenvalue weighted by Crippen LogP contribution is 2.29. The molecule has 152 valence electrons. The summed E-state index contributed by atoms with van der Waals surface area (Å²) in [5, 5.41) is 12.3. The van der Waals surface area contributed by atoms with Gasteiger partial charge >= 0.3 is 0 Å². The molecule has 0 spiro atoms. The van der Waals surface area contributed by atoms with Crippen molar-refractivity contribution in [2.24, 2.45) is 0 Å². The maximum atomic E-state index is 12.5. The standard InChI is InChI=1S/C22H26N4O3/c1-28-20-9-8-18(14-21(20)29-2)24-22(27)16-25-10-5-11-26(13-12-25)19-7-4-3-6-17(19)15-23/h3-4,6-9,14H,5,10-13,16H2,1-2H3,(H,24,27). The van der Waals surface area contributed by atoms with E-state index in [9.17, 15) is 10.1 Å². The normalized spacial score (nSPS) is 14.6. The number of hydrogen-bond acceptors (Lipinski definition) is 6. The molecular weight excluding hydrogens is 368 g/mol. The highest BCUT2D eigenvalue weighted by atomic mass is 16.5. The van der Waals surface area contributed by atoms with Gasteiger partial charge in [0.25, 0.3) is 0 Å². The first-order valence-electron chi connectivity index (χ1n) is 9.63. The van der Waals surface area contributed by atoms with E-state index in [0.717, 1.165) is 38.3 Å². The number of amides is 1. The fraction of sp³-hybridized carbons (Fsp3) is 0.364. The van der Waals surface area contributed by atoms with Crippen molar-refractivity contribution in [3.05, 3.63) is 48.0 Å². The van der Waals surface area contributed by atoms with E-state index in [2.05, 4.69) is 21.2 Å². The Hall–Kier alpha value is -3.24. The van der Waals surface area contributed by atoms with E-state index < -0.39 is 0 Å². The van der Waals surface area contributed by atoms with Crippen LogP contribution >= 0.6 is 0 Å². The van der Waals surface area contributed by atoms with Crippen molar-refractivity contribution < 1.29 is 14.3 Å². The van der Waals surface area contributed by atoms with Gasteiger partial charge in [0.15, 0.2) is 11.5 Å². The van der Waals surface area contributed by atoms with Gasteiger partial charge in [0.05, 0.1) is 32.0 Å². The van der Waals surface area contributed by atoms with E-state index in [1.54, 1.807) is 32.4 Å². The first kappa shape index (κ1) is 20.5. The quantitative estimate of drug-likeness (QED) is 0.812. The maximum Gasteiger partial charge on any atom is 0.238 e. The predicted molar refractivity (Wildman–Crippen MR) is 113 cm³/mol. The van der Waals surface area contributed by atoms with Gasteiger partial charge in [-0.25, -0.2) is 0 Å². The molecule has 0 aromatic heterocycles. The number of rotatable bonds is 6. The van der Waals surface area contributed by atoms with Gasteiger partial charge in [0.2, 0.25) is 5.91 Å². The van der Waals surface area contributed by atoms with Crippen LogP contribution < -0.4 is 19.7 Å². The summed E-state index contributed by atoms with van der Waals surface area (Å²) in [6.07, 6.45) is 0.934. The van der Waals surface area contributed by atoms with Gasteiger partial charge < -0.3 is 19.7 Å². The van der Waals surface area contributed by atoms with Crippen molar-refractivity contribution in [1.82, 2.24) is 4.90 Å². The zero-order valence-electron chi connectivity index (χ0n) is 16.9. The Balaban J connectivity index is 1.57. The van der Waals surface area contributed by atoms with E-state index in [-0.39, 0.29) is 5.91 Å². The summed E-state index contributed by atoms with van der Waals surface area (Å²) in [7, 11) is 3.14. The fourth-order valence-electron chi connectivity index (χ4n) is 3.53. The van der Waals surface area contributed by atoms with Crippen molar-refractivity contribution in [2.45, 2.75) is 6.42 Å². The highest BCUT2D eigenvalue weighted by molar-refractivity contribution is 5.92. The summed E-state index contributed by atoms with van der Waals surface area (Å²) in [4.78, 5) is 16.9. The second-order valence-corrected chi connectivity index (χ2v) is 6.86. The number of ether oxygens (including phenoxy) is 2. The molecule has 2 aromatic carbocycles. The second-order valence-electron chi connectivity index (χ2n) is 6.86. The maximum absolute atomic E-state index is 12.5. The fourth-order valence-corrected chi connectivity index (χ4v) is 3.53. The van der Waals surface area contributed by atoms with Crippen LogP contribution in [0.4, 0.5) is 11.4 Å². The van der Waals surface area contributed by atoms with Gasteiger partial charge in [-0.3, -0.25) is 9.69 Å². The van der Waals surface area contributed by atoms with E-state index >= 15 is 0 Å². The summed E-state index contributed by atoms with van der Waals surface area (Å²) in [6.45, 7) is 3.57. The van der Waals surface area contributed by atoms with Crippen molar-refractivity contribution in [3.63, 3.8) is 0 Å². The molecule has 1 aliphatic rings. The van der Waals surface area contributed by atoms with E-state index in [0.29, 0.717) is 29.3 Å². The van der Waals surface area contributed by atoms with Crippen molar-refractivity contribution in [2.75, 3.05) is 57.2 Å². The van der Waals surface area contributed by atoms with Crippen LogP contribution in [0.25, 0.3) is 0 Å². The van der Waals surface area contributed by atoms with Crippen molar-refractivity contribution in [3.8, 4) is 17.6 Å². The lowest BCUT2D eigenvalue weighted by Crippen LogP contribution is -2.36. The monoisotopic (exact) mass is 394 g/mol. The minimum Gasteiger partial charge on any atom is -0.493 e.